The van der Waals surface area contributed by atoms with E-state index in [4.69, 9.17) is 0 Å². The minimum Gasteiger partial charge on any atom is -0.308 e. The molecule has 4 heteroatoms. The van der Waals surface area contributed by atoms with Crippen molar-refractivity contribution in [2.24, 2.45) is 0 Å². The van der Waals surface area contributed by atoms with Crippen LogP contribution in [0.3, 0.4) is 0 Å². The Labute approximate surface area is 113 Å². The fourth-order valence-corrected chi connectivity index (χ4v) is 2.46. The van der Waals surface area contributed by atoms with Gasteiger partial charge in [0.25, 0.3) is 0 Å². The lowest BCUT2D eigenvalue weighted by molar-refractivity contribution is 0.695. The van der Waals surface area contributed by atoms with E-state index in [-0.39, 0.29) is 12.4 Å². The second-order valence-corrected chi connectivity index (χ2v) is 5.24. The quantitative estimate of drug-likeness (QED) is 0.918. The molecule has 2 aromatic rings. The number of nitrogens with one attached hydrogen (secondary N) is 1. The second kappa shape index (κ2) is 6.74. The summed E-state index contributed by atoms with van der Waals surface area (Å²) in [5.41, 5.74) is 2.38. The first-order valence-electron chi connectivity index (χ1n) is 5.42. The van der Waals surface area contributed by atoms with Crippen LogP contribution >= 0.6 is 23.7 Å². The van der Waals surface area contributed by atoms with E-state index in [1.54, 1.807) is 0 Å². The predicted molar refractivity (Wildman–Crippen MR) is 75.8 cm³/mol. The Hall–Kier alpha value is -0.900. The molecule has 0 aliphatic rings. The summed E-state index contributed by atoms with van der Waals surface area (Å²) in [6.45, 7) is 6.01. The van der Waals surface area contributed by atoms with Gasteiger partial charge in [0.15, 0.2) is 0 Å². The van der Waals surface area contributed by atoms with Gasteiger partial charge >= 0.3 is 0 Å². The molecule has 0 aliphatic carbocycles. The fourth-order valence-electron chi connectivity index (χ4n) is 1.60. The summed E-state index contributed by atoms with van der Waals surface area (Å²) in [4.78, 5) is 7.03. The first-order chi connectivity index (χ1) is 7.75. The molecular weight excluding hydrogens is 252 g/mol. The van der Waals surface area contributed by atoms with Gasteiger partial charge in [0.05, 0.1) is 0 Å². The zero-order valence-corrected chi connectivity index (χ0v) is 11.7. The highest BCUT2D eigenvalue weighted by molar-refractivity contribution is 7.11. The Morgan fingerprint density at radius 3 is 2.65 bits per heavy atom. The molecule has 0 bridgehead atoms. The van der Waals surface area contributed by atoms with Crippen molar-refractivity contribution in [3.05, 3.63) is 51.5 Å². The molecule has 17 heavy (non-hydrogen) atoms. The Kier molecular flexibility index (Phi) is 5.62. The van der Waals surface area contributed by atoms with Crippen LogP contribution in [-0.4, -0.2) is 4.98 Å². The normalized spacial score (nSPS) is 10.0. The molecule has 2 rings (SSSR count). The van der Waals surface area contributed by atoms with Crippen molar-refractivity contribution < 1.29 is 0 Å². The van der Waals surface area contributed by atoms with Crippen LogP contribution < -0.4 is 5.32 Å². The van der Waals surface area contributed by atoms with Gasteiger partial charge in [0, 0.05) is 34.7 Å². The first-order valence-corrected chi connectivity index (χ1v) is 6.24. The molecule has 2 aromatic heterocycles. The maximum absolute atomic E-state index is 4.27. The number of aromatic nitrogens is 1. The molecule has 0 atom stereocenters. The van der Waals surface area contributed by atoms with Crippen LogP contribution in [0.2, 0.25) is 0 Å². The number of aryl methyl sites for hydroxylation is 2. The number of hydrogen-bond donors (Lipinski definition) is 1. The minimum absolute atomic E-state index is 0. The monoisotopic (exact) mass is 268 g/mol. The van der Waals surface area contributed by atoms with Gasteiger partial charge in [-0.2, -0.15) is 0 Å². The van der Waals surface area contributed by atoms with Gasteiger partial charge in [-0.05, 0) is 37.6 Å². The van der Waals surface area contributed by atoms with E-state index in [1.165, 1.54) is 15.3 Å². The van der Waals surface area contributed by atoms with E-state index in [9.17, 15) is 0 Å². The largest absolute Gasteiger partial charge is 0.308 e. The van der Waals surface area contributed by atoms with Gasteiger partial charge in [-0.3, -0.25) is 4.98 Å². The maximum atomic E-state index is 4.27. The Morgan fingerprint density at radius 2 is 2.00 bits per heavy atom. The number of nitrogens with zero attached hydrogens (tertiary/aromatic N) is 1. The summed E-state index contributed by atoms with van der Waals surface area (Å²) in [6.07, 6.45) is 1.83. The minimum atomic E-state index is 0. The smallest absolute Gasteiger partial charge is 0.0417 e. The lowest BCUT2D eigenvalue weighted by Crippen LogP contribution is -2.12. The molecule has 0 saturated carbocycles. The van der Waals surface area contributed by atoms with Crippen LogP contribution in [0.5, 0.6) is 0 Å². The van der Waals surface area contributed by atoms with Crippen LogP contribution in [0.1, 0.15) is 21.0 Å². The van der Waals surface area contributed by atoms with Crippen molar-refractivity contribution in [3.63, 3.8) is 0 Å². The van der Waals surface area contributed by atoms with Crippen molar-refractivity contribution in [1.29, 1.82) is 0 Å². The molecule has 0 spiro atoms. The van der Waals surface area contributed by atoms with Gasteiger partial charge in [0.2, 0.25) is 0 Å². The van der Waals surface area contributed by atoms with Gasteiger partial charge in [-0.15, -0.1) is 23.7 Å². The number of halogens is 1. The third kappa shape index (κ3) is 4.11. The molecule has 2 nitrogen and oxygen atoms in total. The van der Waals surface area contributed by atoms with E-state index in [0.717, 1.165) is 18.8 Å². The third-order valence-corrected chi connectivity index (χ3v) is 3.53. The summed E-state index contributed by atoms with van der Waals surface area (Å²) in [6, 6.07) is 8.45. The molecule has 0 aromatic carbocycles. The molecule has 0 saturated heterocycles. The highest BCUT2D eigenvalue weighted by Gasteiger charge is 1.99. The lowest BCUT2D eigenvalue weighted by Gasteiger charge is -2.05. The molecule has 0 fully saturated rings. The molecule has 0 aliphatic heterocycles. The van der Waals surface area contributed by atoms with Gasteiger partial charge in [-0.25, -0.2) is 0 Å². The van der Waals surface area contributed by atoms with E-state index in [1.807, 2.05) is 30.5 Å². The zero-order chi connectivity index (χ0) is 11.4. The molecular formula is C13H17ClN2S. The summed E-state index contributed by atoms with van der Waals surface area (Å²) in [5, 5.41) is 3.44. The molecule has 0 radical (unpaired) electrons. The van der Waals surface area contributed by atoms with E-state index in [2.05, 4.69) is 35.4 Å². The summed E-state index contributed by atoms with van der Waals surface area (Å²) in [5.74, 6) is 0. The van der Waals surface area contributed by atoms with Gasteiger partial charge in [0.1, 0.15) is 0 Å². The Bertz CT molecular complexity index is 468. The highest BCUT2D eigenvalue weighted by Crippen LogP contribution is 2.14. The van der Waals surface area contributed by atoms with Crippen LogP contribution in [0, 0.1) is 13.8 Å². The van der Waals surface area contributed by atoms with Crippen molar-refractivity contribution in [3.8, 4) is 0 Å². The van der Waals surface area contributed by atoms with Crippen LogP contribution in [0.4, 0.5) is 0 Å². The number of rotatable bonds is 4. The van der Waals surface area contributed by atoms with Gasteiger partial charge < -0.3 is 5.32 Å². The summed E-state index contributed by atoms with van der Waals surface area (Å²) in [7, 11) is 0. The Balaban J connectivity index is 0.00000144. The number of pyridine rings is 1. The lowest BCUT2D eigenvalue weighted by atomic mass is 10.2. The van der Waals surface area contributed by atoms with Crippen molar-refractivity contribution in [1.82, 2.24) is 10.3 Å². The fraction of sp³-hybridized carbons (Fsp3) is 0.308. The molecule has 2 heterocycles. The van der Waals surface area contributed by atoms with Crippen molar-refractivity contribution in [2.45, 2.75) is 26.9 Å². The first kappa shape index (κ1) is 14.2. The maximum Gasteiger partial charge on any atom is 0.0417 e. The second-order valence-electron chi connectivity index (χ2n) is 3.86. The standard InChI is InChI=1S/C13H16N2S.ClH/c1-10-5-6-13(16-10)9-14-8-12-4-3-7-15-11(12)2;/h3-7,14H,8-9H2,1-2H3;1H. The molecule has 0 amide bonds. The average Bonchev–Trinajstić information content (AvgIpc) is 2.67. The molecule has 1 N–H and O–H groups in total. The Morgan fingerprint density at radius 1 is 1.18 bits per heavy atom. The molecule has 0 unspecified atom stereocenters. The van der Waals surface area contributed by atoms with E-state index in [0.29, 0.717) is 0 Å². The van der Waals surface area contributed by atoms with Gasteiger partial charge in [-0.1, -0.05) is 6.07 Å². The van der Waals surface area contributed by atoms with Crippen molar-refractivity contribution in [2.75, 3.05) is 0 Å². The zero-order valence-electron chi connectivity index (χ0n) is 10.1. The topological polar surface area (TPSA) is 24.9 Å². The van der Waals surface area contributed by atoms with E-state index < -0.39 is 0 Å². The SMILES string of the molecule is Cc1ccc(CNCc2cccnc2C)s1.Cl. The predicted octanol–water partition coefficient (Wildman–Crippen LogP) is 3.47. The van der Waals surface area contributed by atoms with E-state index >= 15 is 0 Å². The van der Waals surface area contributed by atoms with Crippen molar-refractivity contribution >= 4 is 23.7 Å². The third-order valence-electron chi connectivity index (χ3n) is 2.53. The van der Waals surface area contributed by atoms with Crippen LogP contribution in [0.15, 0.2) is 30.5 Å². The van der Waals surface area contributed by atoms with Crippen LogP contribution in [-0.2, 0) is 13.1 Å². The summed E-state index contributed by atoms with van der Waals surface area (Å²) >= 11 is 1.85. The highest BCUT2D eigenvalue weighted by atomic mass is 35.5. The molecule has 92 valence electrons. The number of thiophene rings is 1. The van der Waals surface area contributed by atoms with Crippen LogP contribution in [0.25, 0.3) is 0 Å². The summed E-state index contributed by atoms with van der Waals surface area (Å²) < 4.78 is 0. The average molecular weight is 269 g/mol. The number of hydrogen-bond acceptors (Lipinski definition) is 3.